The van der Waals surface area contributed by atoms with Crippen LogP contribution in [0.5, 0.6) is 0 Å². The quantitative estimate of drug-likeness (QED) is 0.929. The van der Waals surface area contributed by atoms with Gasteiger partial charge in [0.15, 0.2) is 0 Å². The number of likely N-dealkylation sites (tertiary alicyclic amines) is 1. The molecule has 0 aliphatic carbocycles. The summed E-state index contributed by atoms with van der Waals surface area (Å²) in [4.78, 5) is 27.1. The number of anilines is 1. The van der Waals surface area contributed by atoms with Gasteiger partial charge in [-0.2, -0.15) is 0 Å². The van der Waals surface area contributed by atoms with Gasteiger partial charge in [0.2, 0.25) is 11.8 Å². The Morgan fingerprint density at radius 3 is 2.60 bits per heavy atom. The van der Waals surface area contributed by atoms with Crippen LogP contribution in [0.1, 0.15) is 29.5 Å². The van der Waals surface area contributed by atoms with Gasteiger partial charge in [0, 0.05) is 12.2 Å². The van der Waals surface area contributed by atoms with Crippen LogP contribution >= 0.6 is 0 Å². The molecule has 1 fully saturated rings. The molecule has 1 aliphatic rings. The lowest BCUT2D eigenvalue weighted by atomic mass is 10.1. The van der Waals surface area contributed by atoms with Crippen LogP contribution in [0.3, 0.4) is 0 Å². The number of benzene rings is 2. The van der Waals surface area contributed by atoms with Crippen LogP contribution in [0.15, 0.2) is 48.5 Å². The average Bonchev–Trinajstić information content (AvgIpc) is 3.08. The lowest BCUT2D eigenvalue weighted by Crippen LogP contribution is -2.43. The van der Waals surface area contributed by atoms with Crippen LogP contribution in [0.2, 0.25) is 0 Å². The van der Waals surface area contributed by atoms with Crippen molar-refractivity contribution in [3.8, 4) is 0 Å². The molecular formula is C21H24N2O2. The maximum Gasteiger partial charge on any atom is 0.247 e. The molecule has 1 atom stereocenters. The Bertz CT molecular complexity index is 771. The molecule has 0 spiro atoms. The lowest BCUT2D eigenvalue weighted by molar-refractivity contribution is -0.136. The number of hydrogen-bond acceptors (Lipinski definition) is 2. The van der Waals surface area contributed by atoms with Crippen LogP contribution in [-0.4, -0.2) is 29.3 Å². The summed E-state index contributed by atoms with van der Waals surface area (Å²) < 4.78 is 0. The SMILES string of the molecule is Cc1ccc(NC(=O)C2CCCN2C(=O)Cc2ccccc2)c(C)c1. The van der Waals surface area contributed by atoms with Crippen LogP contribution in [0.4, 0.5) is 5.69 Å². The number of hydrogen-bond donors (Lipinski definition) is 1. The Balaban J connectivity index is 1.68. The number of nitrogens with zero attached hydrogens (tertiary/aromatic N) is 1. The van der Waals surface area contributed by atoms with Crippen molar-refractivity contribution in [3.63, 3.8) is 0 Å². The molecule has 0 radical (unpaired) electrons. The fraction of sp³-hybridized carbons (Fsp3) is 0.333. The predicted molar refractivity (Wildman–Crippen MR) is 99.4 cm³/mol. The Labute approximate surface area is 148 Å². The van der Waals surface area contributed by atoms with E-state index in [0.717, 1.165) is 35.2 Å². The summed E-state index contributed by atoms with van der Waals surface area (Å²) in [5.74, 6) is -0.0738. The van der Waals surface area contributed by atoms with E-state index in [0.29, 0.717) is 13.0 Å². The minimum absolute atomic E-state index is 0.0180. The highest BCUT2D eigenvalue weighted by Gasteiger charge is 2.34. The fourth-order valence-electron chi connectivity index (χ4n) is 3.38. The van der Waals surface area contributed by atoms with E-state index in [1.165, 1.54) is 0 Å². The summed E-state index contributed by atoms with van der Waals surface area (Å²) in [6.07, 6.45) is 1.93. The van der Waals surface area contributed by atoms with Gasteiger partial charge < -0.3 is 10.2 Å². The zero-order valence-corrected chi connectivity index (χ0v) is 14.8. The van der Waals surface area contributed by atoms with E-state index in [1.807, 2.05) is 62.4 Å². The predicted octanol–water partition coefficient (Wildman–Crippen LogP) is 3.48. The van der Waals surface area contributed by atoms with Gasteiger partial charge in [-0.3, -0.25) is 9.59 Å². The minimum Gasteiger partial charge on any atom is -0.330 e. The molecule has 0 aromatic heterocycles. The molecule has 25 heavy (non-hydrogen) atoms. The molecule has 1 N–H and O–H groups in total. The highest BCUT2D eigenvalue weighted by atomic mass is 16.2. The molecule has 4 nitrogen and oxygen atoms in total. The molecule has 0 bridgehead atoms. The van der Waals surface area contributed by atoms with Crippen molar-refractivity contribution < 1.29 is 9.59 Å². The van der Waals surface area contributed by atoms with Crippen LogP contribution in [-0.2, 0) is 16.0 Å². The van der Waals surface area contributed by atoms with E-state index in [1.54, 1.807) is 4.90 Å². The second-order valence-electron chi connectivity index (χ2n) is 6.72. The van der Waals surface area contributed by atoms with Crippen molar-refractivity contribution in [3.05, 3.63) is 65.2 Å². The summed E-state index contributed by atoms with van der Waals surface area (Å²) in [7, 11) is 0. The second kappa shape index (κ2) is 7.51. The van der Waals surface area contributed by atoms with E-state index in [2.05, 4.69) is 5.32 Å². The zero-order valence-electron chi connectivity index (χ0n) is 14.8. The summed E-state index contributed by atoms with van der Waals surface area (Å²) in [6.45, 7) is 4.66. The van der Waals surface area contributed by atoms with E-state index >= 15 is 0 Å². The topological polar surface area (TPSA) is 49.4 Å². The third-order valence-electron chi connectivity index (χ3n) is 4.71. The van der Waals surface area contributed by atoms with Gasteiger partial charge in [0.05, 0.1) is 6.42 Å². The molecule has 1 aliphatic heterocycles. The number of carbonyl (C=O) groups excluding carboxylic acids is 2. The maximum atomic E-state index is 12.7. The van der Waals surface area contributed by atoms with Crippen LogP contribution < -0.4 is 5.32 Å². The number of aryl methyl sites for hydroxylation is 2. The first-order valence-corrected chi connectivity index (χ1v) is 8.76. The van der Waals surface area contributed by atoms with Gasteiger partial charge in [-0.05, 0) is 43.9 Å². The molecule has 1 heterocycles. The molecule has 1 saturated heterocycles. The summed E-state index contributed by atoms with van der Waals surface area (Å²) in [5, 5.41) is 3.00. The van der Waals surface area contributed by atoms with E-state index in [-0.39, 0.29) is 17.9 Å². The largest absolute Gasteiger partial charge is 0.330 e. The van der Waals surface area contributed by atoms with Crippen molar-refractivity contribution in [1.82, 2.24) is 4.90 Å². The van der Waals surface area contributed by atoms with Gasteiger partial charge in [-0.25, -0.2) is 0 Å². The molecule has 2 amide bonds. The van der Waals surface area contributed by atoms with Gasteiger partial charge in [0.25, 0.3) is 0 Å². The summed E-state index contributed by atoms with van der Waals surface area (Å²) in [5.41, 5.74) is 4.00. The molecule has 2 aromatic rings. The van der Waals surface area contributed by atoms with Gasteiger partial charge in [-0.15, -0.1) is 0 Å². The van der Waals surface area contributed by atoms with Crippen molar-refractivity contribution in [2.75, 3.05) is 11.9 Å². The fourth-order valence-corrected chi connectivity index (χ4v) is 3.38. The first-order chi connectivity index (χ1) is 12.0. The number of nitrogens with one attached hydrogen (secondary N) is 1. The van der Waals surface area contributed by atoms with E-state index in [4.69, 9.17) is 0 Å². The maximum absolute atomic E-state index is 12.7. The third kappa shape index (κ3) is 4.08. The Morgan fingerprint density at radius 1 is 1.12 bits per heavy atom. The van der Waals surface area contributed by atoms with Crippen LogP contribution in [0.25, 0.3) is 0 Å². The van der Waals surface area contributed by atoms with E-state index < -0.39 is 0 Å². The highest BCUT2D eigenvalue weighted by Crippen LogP contribution is 2.22. The molecule has 2 aromatic carbocycles. The van der Waals surface area contributed by atoms with E-state index in [9.17, 15) is 9.59 Å². The van der Waals surface area contributed by atoms with Crippen molar-refractivity contribution >= 4 is 17.5 Å². The number of rotatable bonds is 4. The van der Waals surface area contributed by atoms with Crippen molar-refractivity contribution in [1.29, 1.82) is 0 Å². The summed E-state index contributed by atoms with van der Waals surface area (Å²) in [6, 6.07) is 15.2. The highest BCUT2D eigenvalue weighted by molar-refractivity contribution is 5.98. The Morgan fingerprint density at radius 2 is 1.88 bits per heavy atom. The van der Waals surface area contributed by atoms with Gasteiger partial charge in [0.1, 0.15) is 6.04 Å². The normalized spacial score (nSPS) is 16.7. The minimum atomic E-state index is -0.378. The number of amides is 2. The first kappa shape index (κ1) is 17.2. The Hall–Kier alpha value is -2.62. The van der Waals surface area contributed by atoms with Gasteiger partial charge in [-0.1, -0.05) is 48.0 Å². The molecule has 0 saturated carbocycles. The number of carbonyl (C=O) groups is 2. The lowest BCUT2D eigenvalue weighted by Gasteiger charge is -2.24. The molecule has 3 rings (SSSR count). The second-order valence-corrected chi connectivity index (χ2v) is 6.72. The van der Waals surface area contributed by atoms with Crippen molar-refractivity contribution in [2.24, 2.45) is 0 Å². The van der Waals surface area contributed by atoms with Gasteiger partial charge >= 0.3 is 0 Å². The van der Waals surface area contributed by atoms with Crippen molar-refractivity contribution in [2.45, 2.75) is 39.2 Å². The third-order valence-corrected chi connectivity index (χ3v) is 4.71. The standard InChI is InChI=1S/C21H24N2O2/c1-15-10-11-18(16(2)13-15)22-21(25)19-9-6-12-23(19)20(24)14-17-7-4-3-5-8-17/h3-5,7-8,10-11,13,19H,6,9,12,14H2,1-2H3,(H,22,25). The molecular weight excluding hydrogens is 312 g/mol. The molecule has 130 valence electrons. The monoisotopic (exact) mass is 336 g/mol. The Kier molecular flexibility index (Phi) is 5.17. The average molecular weight is 336 g/mol. The summed E-state index contributed by atoms with van der Waals surface area (Å²) >= 11 is 0. The molecule has 4 heteroatoms. The zero-order chi connectivity index (χ0) is 17.8. The van der Waals surface area contributed by atoms with Crippen LogP contribution in [0, 0.1) is 13.8 Å². The first-order valence-electron chi connectivity index (χ1n) is 8.76. The molecule has 1 unspecified atom stereocenters. The smallest absolute Gasteiger partial charge is 0.247 e.